The van der Waals surface area contributed by atoms with Crippen LogP contribution in [0.4, 0.5) is 8.78 Å². The summed E-state index contributed by atoms with van der Waals surface area (Å²) in [5.41, 5.74) is -2.75. The number of nitrogens with one attached hydrogen (secondary N) is 1. The number of hydrogen-bond acceptors (Lipinski definition) is 8. The first-order chi connectivity index (χ1) is 17.4. The molecule has 2 aromatic rings. The average Bonchev–Trinajstić information content (AvgIpc) is 3.18. The Balaban J connectivity index is 1.43. The van der Waals surface area contributed by atoms with Crippen LogP contribution in [-0.2, 0) is 27.9 Å². The van der Waals surface area contributed by atoms with Crippen LogP contribution in [0.1, 0.15) is 51.2 Å². The van der Waals surface area contributed by atoms with Crippen LogP contribution in [0, 0.1) is 18.6 Å². The van der Waals surface area contributed by atoms with E-state index in [0.717, 1.165) is 25.1 Å². The number of aromatic nitrogens is 1. The first-order valence-corrected chi connectivity index (χ1v) is 13.3. The first kappa shape index (κ1) is 25.1. The molecule has 1 aromatic carbocycles. The molecule has 1 saturated carbocycles. The molecule has 1 aliphatic carbocycles. The number of rotatable bonds is 5. The minimum Gasteiger partial charge on any atom is -0.503 e. The van der Waals surface area contributed by atoms with Crippen LogP contribution in [0.3, 0.4) is 0 Å². The Hall–Kier alpha value is -3.52. The summed E-state index contributed by atoms with van der Waals surface area (Å²) in [6.07, 6.45) is 3.40. The number of ether oxygens (including phenoxy) is 1. The number of aromatic hydroxyl groups is 1. The molecule has 3 heterocycles. The highest BCUT2D eigenvalue weighted by Gasteiger charge is 2.47. The Kier molecular flexibility index (Phi) is 5.98. The molecule has 3 atom stereocenters. The lowest BCUT2D eigenvalue weighted by molar-refractivity contribution is -0.132. The Morgan fingerprint density at radius 2 is 2.03 bits per heavy atom. The van der Waals surface area contributed by atoms with E-state index in [9.17, 15) is 36.7 Å². The van der Waals surface area contributed by atoms with Gasteiger partial charge in [0.25, 0.3) is 11.8 Å². The van der Waals surface area contributed by atoms with Crippen molar-refractivity contribution in [3.8, 4) is 11.5 Å². The van der Waals surface area contributed by atoms with Crippen molar-refractivity contribution in [1.29, 1.82) is 0 Å². The number of halogens is 2. The number of carbonyl (C=O) groups is 2. The maximum Gasteiger partial charge on any atom is 0.306 e. The van der Waals surface area contributed by atoms with Crippen LogP contribution >= 0.6 is 0 Å². The van der Waals surface area contributed by atoms with Crippen molar-refractivity contribution in [2.24, 2.45) is 0 Å². The van der Waals surface area contributed by atoms with Crippen LogP contribution in [0.25, 0.3) is 0 Å². The smallest absolute Gasteiger partial charge is 0.306 e. The Morgan fingerprint density at radius 1 is 1.30 bits per heavy atom. The van der Waals surface area contributed by atoms with E-state index in [0.29, 0.717) is 12.7 Å². The third kappa shape index (κ3) is 4.33. The third-order valence-electron chi connectivity index (χ3n) is 6.82. The SMILES string of the molecule is Cc1cc(F)c(CNC(=O)c2cn3c(c(O)c2=O)C(=O)N2[C@H]4CC[C@H](C4)O[C@@H]2C3)c(F)c1OS(C)(=O)=O. The van der Waals surface area contributed by atoms with E-state index in [1.54, 1.807) is 0 Å². The van der Waals surface area contributed by atoms with Gasteiger partial charge in [-0.1, -0.05) is 0 Å². The van der Waals surface area contributed by atoms with Gasteiger partial charge in [-0.25, -0.2) is 8.78 Å². The standard InChI is InChI=1S/C23H23F2N3O8S/c1-10-5-15(24)13(17(25)21(10)36-37(2,33)34)7-26-22(31)14-8-27-9-16-28(11-3-4-12(6-11)35-16)23(32)18(27)20(30)19(14)29/h5,8,11-12,16,30H,3-4,6-7,9H2,1-2H3,(H,26,31)/t11-,12+,16+/m0/s1. The van der Waals surface area contributed by atoms with E-state index < -0.39 is 74.4 Å². The van der Waals surface area contributed by atoms with Crippen LogP contribution in [0.15, 0.2) is 17.1 Å². The molecule has 2 bridgehead atoms. The maximum absolute atomic E-state index is 14.9. The van der Waals surface area contributed by atoms with Crippen molar-refractivity contribution < 1.29 is 40.8 Å². The molecule has 2 fully saturated rings. The minimum atomic E-state index is -4.12. The molecule has 0 spiro atoms. The Labute approximate surface area is 209 Å². The number of amides is 2. The zero-order valence-corrected chi connectivity index (χ0v) is 20.6. The topological polar surface area (TPSA) is 144 Å². The lowest BCUT2D eigenvalue weighted by Gasteiger charge is -2.44. The van der Waals surface area contributed by atoms with Crippen molar-refractivity contribution in [3.63, 3.8) is 0 Å². The molecule has 1 saturated heterocycles. The maximum atomic E-state index is 14.9. The normalized spacial score (nSPS) is 22.4. The molecule has 2 aliphatic heterocycles. The van der Waals surface area contributed by atoms with Crippen molar-refractivity contribution >= 4 is 21.9 Å². The molecule has 14 heteroatoms. The van der Waals surface area contributed by atoms with Gasteiger partial charge in [0, 0.05) is 24.3 Å². The summed E-state index contributed by atoms with van der Waals surface area (Å²) in [5.74, 6) is -5.68. The van der Waals surface area contributed by atoms with E-state index in [1.165, 1.54) is 16.4 Å². The highest BCUT2D eigenvalue weighted by Crippen LogP contribution is 2.38. The predicted octanol–water partition coefficient (Wildman–Crippen LogP) is 1.14. The second-order valence-electron chi connectivity index (χ2n) is 9.38. The fraction of sp³-hybridized carbons (Fsp3) is 0.435. The lowest BCUT2D eigenvalue weighted by Crippen LogP contribution is -2.57. The van der Waals surface area contributed by atoms with Gasteiger partial charge in [-0.3, -0.25) is 14.4 Å². The monoisotopic (exact) mass is 539 g/mol. The summed E-state index contributed by atoms with van der Waals surface area (Å²) in [5, 5.41) is 12.8. The molecule has 37 heavy (non-hydrogen) atoms. The molecule has 5 rings (SSSR count). The number of aryl methyl sites for hydroxylation is 1. The zero-order chi connectivity index (χ0) is 26.8. The van der Waals surface area contributed by atoms with Crippen molar-refractivity contribution in [3.05, 3.63) is 56.5 Å². The van der Waals surface area contributed by atoms with Gasteiger partial charge in [0.05, 0.1) is 18.9 Å². The second kappa shape index (κ2) is 8.80. The van der Waals surface area contributed by atoms with Crippen LogP contribution in [0.5, 0.6) is 11.5 Å². The van der Waals surface area contributed by atoms with Gasteiger partial charge in [-0.2, -0.15) is 8.42 Å². The molecule has 1 aromatic heterocycles. The summed E-state index contributed by atoms with van der Waals surface area (Å²) in [4.78, 5) is 40.3. The van der Waals surface area contributed by atoms with Crippen LogP contribution in [-0.4, -0.2) is 59.4 Å². The molecule has 0 radical (unpaired) electrons. The minimum absolute atomic E-state index is 0.00668. The number of carbonyl (C=O) groups excluding carboxylic acids is 2. The third-order valence-corrected chi connectivity index (χ3v) is 7.28. The van der Waals surface area contributed by atoms with Gasteiger partial charge in [0.2, 0.25) is 5.43 Å². The van der Waals surface area contributed by atoms with Crippen molar-refractivity contribution in [1.82, 2.24) is 14.8 Å². The van der Waals surface area contributed by atoms with Crippen LogP contribution < -0.4 is 14.9 Å². The highest BCUT2D eigenvalue weighted by atomic mass is 32.2. The summed E-state index contributed by atoms with van der Waals surface area (Å²) in [7, 11) is -4.12. The quantitative estimate of drug-likeness (QED) is 0.539. The number of fused-ring (bicyclic) bond motifs is 5. The van der Waals surface area contributed by atoms with Gasteiger partial charge in [-0.15, -0.1) is 0 Å². The van der Waals surface area contributed by atoms with E-state index >= 15 is 0 Å². The van der Waals surface area contributed by atoms with Gasteiger partial charge < -0.3 is 28.8 Å². The van der Waals surface area contributed by atoms with Crippen molar-refractivity contribution in [2.75, 3.05) is 6.26 Å². The highest BCUT2D eigenvalue weighted by molar-refractivity contribution is 7.86. The van der Waals surface area contributed by atoms with E-state index in [2.05, 4.69) is 9.50 Å². The summed E-state index contributed by atoms with van der Waals surface area (Å²) < 4.78 is 64.0. The number of hydrogen-bond donors (Lipinski definition) is 2. The predicted molar refractivity (Wildman–Crippen MR) is 123 cm³/mol. The number of nitrogens with zero attached hydrogens (tertiary/aromatic N) is 2. The van der Waals surface area contributed by atoms with Crippen molar-refractivity contribution in [2.45, 2.75) is 57.6 Å². The summed E-state index contributed by atoms with van der Waals surface area (Å²) >= 11 is 0. The molecule has 11 nitrogen and oxygen atoms in total. The number of pyridine rings is 1. The average molecular weight is 540 g/mol. The second-order valence-corrected chi connectivity index (χ2v) is 11.0. The molecule has 2 amide bonds. The molecular formula is C23H23F2N3O8S. The molecule has 3 aliphatic rings. The molecule has 0 unspecified atom stereocenters. The zero-order valence-electron chi connectivity index (χ0n) is 19.8. The van der Waals surface area contributed by atoms with E-state index in [-0.39, 0.29) is 29.9 Å². The van der Waals surface area contributed by atoms with Gasteiger partial charge in [0.1, 0.15) is 11.4 Å². The van der Waals surface area contributed by atoms with Crippen LogP contribution in [0.2, 0.25) is 0 Å². The molecular weight excluding hydrogens is 516 g/mol. The summed E-state index contributed by atoms with van der Waals surface area (Å²) in [6, 6.07) is 0.789. The Morgan fingerprint density at radius 3 is 2.73 bits per heavy atom. The Bertz CT molecular complexity index is 1510. The van der Waals surface area contributed by atoms with E-state index in [1.807, 2.05) is 0 Å². The first-order valence-electron chi connectivity index (χ1n) is 11.5. The fourth-order valence-electron chi connectivity index (χ4n) is 5.15. The molecule has 198 valence electrons. The molecule has 2 N–H and O–H groups in total. The largest absolute Gasteiger partial charge is 0.503 e. The van der Waals surface area contributed by atoms with Gasteiger partial charge in [0.15, 0.2) is 29.2 Å². The van der Waals surface area contributed by atoms with Gasteiger partial charge in [-0.05, 0) is 37.8 Å². The fourth-order valence-corrected chi connectivity index (χ4v) is 5.66. The summed E-state index contributed by atoms with van der Waals surface area (Å²) in [6.45, 7) is 0.562. The lowest BCUT2D eigenvalue weighted by atomic mass is 10.1. The van der Waals surface area contributed by atoms with E-state index in [4.69, 9.17) is 4.74 Å². The van der Waals surface area contributed by atoms with Gasteiger partial charge >= 0.3 is 10.1 Å². The number of benzene rings is 1.